The lowest BCUT2D eigenvalue weighted by Gasteiger charge is -2.05. The Morgan fingerprint density at radius 2 is 1.67 bits per heavy atom. The first-order valence-electron chi connectivity index (χ1n) is 6.82. The molecule has 0 aromatic heterocycles. The number of hydrogen-bond donors (Lipinski definition) is 0. The summed E-state index contributed by atoms with van der Waals surface area (Å²) in [5, 5.41) is 8.83. The Labute approximate surface area is 125 Å². The van der Waals surface area contributed by atoms with Crippen LogP contribution in [-0.2, 0) is 22.0 Å². The summed E-state index contributed by atoms with van der Waals surface area (Å²) >= 11 is 0. The predicted octanol–water partition coefficient (Wildman–Crippen LogP) is 3.11. The van der Waals surface area contributed by atoms with Gasteiger partial charge in [-0.15, -0.1) is 0 Å². The molecule has 2 aromatic carbocycles. The summed E-state index contributed by atoms with van der Waals surface area (Å²) < 4.78 is 24.2. The van der Waals surface area contributed by atoms with Gasteiger partial charge in [0.25, 0.3) is 0 Å². The van der Waals surface area contributed by atoms with E-state index >= 15 is 0 Å². The fraction of sp³-hybridized carbons (Fsp3) is 0.235. The molecule has 0 fully saturated rings. The standard InChI is InChI=1S/C17H17NO2S/c18-13-16-8-4-9-17(12-16)14-21(19,20)11-5-10-15-6-2-1-3-7-15/h1-4,6-9,12H,5,10-11,14H2. The summed E-state index contributed by atoms with van der Waals surface area (Å²) in [7, 11) is -3.14. The van der Waals surface area contributed by atoms with Crippen molar-refractivity contribution in [1.29, 1.82) is 5.26 Å². The highest BCUT2D eigenvalue weighted by Crippen LogP contribution is 2.11. The van der Waals surface area contributed by atoms with Gasteiger partial charge >= 0.3 is 0 Å². The molecule has 21 heavy (non-hydrogen) atoms. The van der Waals surface area contributed by atoms with E-state index in [9.17, 15) is 8.42 Å². The SMILES string of the molecule is N#Cc1cccc(CS(=O)(=O)CCCc2ccccc2)c1. The van der Waals surface area contributed by atoms with Gasteiger partial charge in [-0.05, 0) is 36.1 Å². The highest BCUT2D eigenvalue weighted by atomic mass is 32.2. The van der Waals surface area contributed by atoms with Crippen LogP contribution in [-0.4, -0.2) is 14.2 Å². The predicted molar refractivity (Wildman–Crippen MR) is 83.4 cm³/mol. The molecule has 2 rings (SSSR count). The average Bonchev–Trinajstić information content (AvgIpc) is 2.48. The Bertz CT molecular complexity index is 731. The van der Waals surface area contributed by atoms with Crippen LogP contribution in [0, 0.1) is 11.3 Å². The summed E-state index contributed by atoms with van der Waals surface area (Å²) in [6, 6.07) is 18.7. The van der Waals surface area contributed by atoms with Crippen molar-refractivity contribution >= 4 is 9.84 Å². The fourth-order valence-corrected chi connectivity index (χ4v) is 3.61. The van der Waals surface area contributed by atoms with Crippen LogP contribution in [0.3, 0.4) is 0 Å². The zero-order chi connectivity index (χ0) is 15.1. The van der Waals surface area contributed by atoms with Gasteiger partial charge in [0.05, 0.1) is 23.1 Å². The third-order valence-corrected chi connectivity index (χ3v) is 4.89. The Hall–Kier alpha value is -2.12. The molecule has 0 aliphatic carbocycles. The van der Waals surface area contributed by atoms with Crippen LogP contribution in [0.15, 0.2) is 54.6 Å². The molecule has 0 amide bonds. The van der Waals surface area contributed by atoms with Gasteiger partial charge in [-0.25, -0.2) is 8.42 Å². The van der Waals surface area contributed by atoms with Crippen molar-refractivity contribution in [3.63, 3.8) is 0 Å². The van der Waals surface area contributed by atoms with Crippen LogP contribution in [0.25, 0.3) is 0 Å². The molecule has 108 valence electrons. The van der Waals surface area contributed by atoms with Gasteiger partial charge in [0, 0.05) is 0 Å². The van der Waals surface area contributed by atoms with Crippen LogP contribution in [0.1, 0.15) is 23.1 Å². The Kier molecular flexibility index (Phi) is 5.13. The van der Waals surface area contributed by atoms with Crippen LogP contribution < -0.4 is 0 Å². The molecule has 0 aliphatic rings. The quantitative estimate of drug-likeness (QED) is 0.823. The molecule has 3 nitrogen and oxygen atoms in total. The summed E-state index contributed by atoms with van der Waals surface area (Å²) in [5.74, 6) is 0.163. The smallest absolute Gasteiger partial charge is 0.154 e. The molecule has 0 saturated heterocycles. The third kappa shape index (κ3) is 5.05. The van der Waals surface area contributed by atoms with E-state index < -0.39 is 9.84 Å². The number of nitriles is 1. The van der Waals surface area contributed by atoms with Crippen LogP contribution >= 0.6 is 0 Å². The molecule has 0 heterocycles. The molecule has 4 heteroatoms. The molecule has 2 aromatic rings. The number of benzene rings is 2. The van der Waals surface area contributed by atoms with Gasteiger partial charge in [0.1, 0.15) is 0 Å². The van der Waals surface area contributed by atoms with Gasteiger partial charge in [0.2, 0.25) is 0 Å². The van der Waals surface area contributed by atoms with Crippen molar-refractivity contribution in [3.8, 4) is 6.07 Å². The van der Waals surface area contributed by atoms with Gasteiger partial charge in [0.15, 0.2) is 9.84 Å². The van der Waals surface area contributed by atoms with E-state index in [2.05, 4.69) is 0 Å². The molecule has 0 spiro atoms. The third-order valence-electron chi connectivity index (χ3n) is 3.21. The molecule has 0 atom stereocenters. The topological polar surface area (TPSA) is 57.9 Å². The Morgan fingerprint density at radius 1 is 0.952 bits per heavy atom. The van der Waals surface area contributed by atoms with Gasteiger partial charge in [-0.2, -0.15) is 5.26 Å². The largest absolute Gasteiger partial charge is 0.228 e. The monoisotopic (exact) mass is 299 g/mol. The highest BCUT2D eigenvalue weighted by Gasteiger charge is 2.12. The van der Waals surface area contributed by atoms with E-state index in [1.54, 1.807) is 24.3 Å². The van der Waals surface area contributed by atoms with Gasteiger partial charge < -0.3 is 0 Å². The van der Waals surface area contributed by atoms with Gasteiger partial charge in [-0.3, -0.25) is 0 Å². The maximum Gasteiger partial charge on any atom is 0.154 e. The molecule has 0 N–H and O–H groups in total. The van der Waals surface area contributed by atoms with E-state index in [0.717, 1.165) is 12.0 Å². The molecule has 0 unspecified atom stereocenters. The van der Waals surface area contributed by atoms with E-state index in [4.69, 9.17) is 5.26 Å². The lowest BCUT2D eigenvalue weighted by Crippen LogP contribution is -2.10. The molecule has 0 aliphatic heterocycles. The first-order valence-corrected chi connectivity index (χ1v) is 8.64. The summed E-state index contributed by atoms with van der Waals surface area (Å²) in [4.78, 5) is 0. The van der Waals surface area contributed by atoms with Crippen molar-refractivity contribution in [3.05, 3.63) is 71.3 Å². The molecular formula is C17H17NO2S. The van der Waals surface area contributed by atoms with Crippen molar-refractivity contribution < 1.29 is 8.42 Å². The van der Waals surface area contributed by atoms with E-state index in [1.165, 1.54) is 0 Å². The second kappa shape index (κ2) is 7.05. The average molecular weight is 299 g/mol. The second-order valence-electron chi connectivity index (χ2n) is 4.99. The number of hydrogen-bond acceptors (Lipinski definition) is 3. The summed E-state index contributed by atoms with van der Waals surface area (Å²) in [5.41, 5.74) is 2.32. The van der Waals surface area contributed by atoms with Crippen molar-refractivity contribution in [1.82, 2.24) is 0 Å². The first kappa shape index (κ1) is 15.3. The maximum absolute atomic E-state index is 12.1. The van der Waals surface area contributed by atoms with E-state index in [0.29, 0.717) is 17.5 Å². The number of sulfone groups is 1. The fourth-order valence-electron chi connectivity index (χ4n) is 2.20. The minimum Gasteiger partial charge on any atom is -0.228 e. The summed E-state index contributed by atoms with van der Waals surface area (Å²) in [6.45, 7) is 0. The Morgan fingerprint density at radius 3 is 2.38 bits per heavy atom. The lowest BCUT2D eigenvalue weighted by molar-refractivity contribution is 0.592. The molecule has 0 bridgehead atoms. The first-order chi connectivity index (χ1) is 10.1. The zero-order valence-electron chi connectivity index (χ0n) is 11.7. The number of aryl methyl sites for hydroxylation is 1. The van der Waals surface area contributed by atoms with Crippen LogP contribution in [0.4, 0.5) is 0 Å². The number of rotatable bonds is 6. The summed E-state index contributed by atoms with van der Waals surface area (Å²) in [6.07, 6.45) is 1.38. The van der Waals surface area contributed by atoms with Crippen molar-refractivity contribution in [2.45, 2.75) is 18.6 Å². The molecular weight excluding hydrogens is 282 g/mol. The zero-order valence-corrected chi connectivity index (χ0v) is 12.5. The van der Waals surface area contributed by atoms with Crippen molar-refractivity contribution in [2.75, 3.05) is 5.75 Å². The minimum absolute atomic E-state index is 0.00267. The van der Waals surface area contributed by atoms with Gasteiger partial charge in [-0.1, -0.05) is 42.5 Å². The Balaban J connectivity index is 1.91. The minimum atomic E-state index is -3.14. The van der Waals surface area contributed by atoms with Crippen molar-refractivity contribution in [2.24, 2.45) is 0 Å². The van der Waals surface area contributed by atoms with E-state index in [-0.39, 0.29) is 11.5 Å². The van der Waals surface area contributed by atoms with E-state index in [1.807, 2.05) is 36.4 Å². The highest BCUT2D eigenvalue weighted by molar-refractivity contribution is 7.90. The lowest BCUT2D eigenvalue weighted by atomic mass is 10.1. The molecule has 0 saturated carbocycles. The van der Waals surface area contributed by atoms with Crippen LogP contribution in [0.5, 0.6) is 0 Å². The second-order valence-corrected chi connectivity index (χ2v) is 7.18. The number of nitrogens with zero attached hydrogens (tertiary/aromatic N) is 1. The maximum atomic E-state index is 12.1. The normalized spacial score (nSPS) is 11.0. The molecule has 0 radical (unpaired) electrons. The van der Waals surface area contributed by atoms with Crippen LogP contribution in [0.2, 0.25) is 0 Å².